The first-order valence-electron chi connectivity index (χ1n) is 12.3. The third-order valence-electron chi connectivity index (χ3n) is 7.83. The molecule has 0 aliphatic carbocycles. The molecular weight excluding hydrogens is 458 g/mol. The van der Waals surface area contributed by atoms with Gasteiger partial charge < -0.3 is 9.88 Å². The van der Waals surface area contributed by atoms with Gasteiger partial charge in [-0.25, -0.2) is 0 Å². The number of aromatic nitrogens is 2. The zero-order valence-electron chi connectivity index (χ0n) is 20.0. The quantitative estimate of drug-likeness (QED) is 0.254. The molecule has 0 fully saturated rings. The predicted octanol–water partition coefficient (Wildman–Crippen LogP) is 8.93. The summed E-state index contributed by atoms with van der Waals surface area (Å²) in [5.74, 6) is 0. The summed E-state index contributed by atoms with van der Waals surface area (Å²) in [5.41, 5.74) is 9.46. The molecular formula is C32H23N3S. The lowest BCUT2D eigenvalue weighted by atomic mass is 9.74. The van der Waals surface area contributed by atoms with Gasteiger partial charge in [0, 0.05) is 54.2 Å². The first kappa shape index (κ1) is 20.1. The van der Waals surface area contributed by atoms with Crippen LogP contribution in [0.4, 0.5) is 11.4 Å². The molecule has 0 spiro atoms. The molecule has 0 unspecified atom stereocenters. The Morgan fingerprint density at radius 3 is 2.53 bits per heavy atom. The van der Waals surface area contributed by atoms with Gasteiger partial charge in [0.1, 0.15) is 0 Å². The van der Waals surface area contributed by atoms with Crippen LogP contribution >= 0.6 is 11.3 Å². The van der Waals surface area contributed by atoms with Gasteiger partial charge in [-0.1, -0.05) is 50.2 Å². The predicted molar refractivity (Wildman–Crippen MR) is 153 cm³/mol. The number of anilines is 2. The van der Waals surface area contributed by atoms with Crippen molar-refractivity contribution >= 4 is 64.8 Å². The first-order valence-corrected chi connectivity index (χ1v) is 13.1. The fourth-order valence-corrected chi connectivity index (χ4v) is 7.23. The minimum Gasteiger partial charge on any atom is -0.355 e. The van der Waals surface area contributed by atoms with E-state index in [0.717, 1.165) is 11.0 Å². The lowest BCUT2D eigenvalue weighted by Crippen LogP contribution is -2.26. The largest absolute Gasteiger partial charge is 0.355 e. The molecule has 172 valence electrons. The van der Waals surface area contributed by atoms with E-state index in [9.17, 15) is 0 Å². The number of thiophene rings is 1. The van der Waals surface area contributed by atoms with Crippen LogP contribution in [0.15, 0.2) is 97.2 Å². The fraction of sp³-hybridized carbons (Fsp3) is 0.0938. The molecule has 1 N–H and O–H groups in total. The van der Waals surface area contributed by atoms with Gasteiger partial charge in [0.25, 0.3) is 0 Å². The van der Waals surface area contributed by atoms with Crippen LogP contribution in [-0.4, -0.2) is 9.55 Å². The van der Waals surface area contributed by atoms with Crippen LogP contribution < -0.4 is 5.32 Å². The number of para-hydroxylation sites is 1. The van der Waals surface area contributed by atoms with Gasteiger partial charge in [-0.2, -0.15) is 0 Å². The monoisotopic (exact) mass is 481 g/mol. The van der Waals surface area contributed by atoms with E-state index in [1.807, 2.05) is 23.6 Å². The Morgan fingerprint density at radius 1 is 0.750 bits per heavy atom. The van der Waals surface area contributed by atoms with Crippen molar-refractivity contribution in [2.75, 3.05) is 5.32 Å². The maximum Gasteiger partial charge on any atom is 0.0963 e. The summed E-state index contributed by atoms with van der Waals surface area (Å²) in [7, 11) is 0. The molecule has 3 aromatic heterocycles. The van der Waals surface area contributed by atoms with Crippen molar-refractivity contribution in [3.8, 4) is 5.69 Å². The molecule has 1 aliphatic rings. The highest BCUT2D eigenvalue weighted by Gasteiger charge is 2.33. The highest BCUT2D eigenvalue weighted by atomic mass is 32.1. The SMILES string of the molecule is CC1(C)c2ccccc2Nc2ccc(-n3c4cccnc4c4ccc5sc6ccccc6c5c43)cc21. The average Bonchev–Trinajstić information content (AvgIpc) is 3.44. The molecule has 36 heavy (non-hydrogen) atoms. The molecule has 4 heteroatoms. The molecule has 1 aliphatic heterocycles. The van der Waals surface area contributed by atoms with Crippen LogP contribution in [0, 0.1) is 0 Å². The van der Waals surface area contributed by atoms with E-state index < -0.39 is 0 Å². The molecule has 0 saturated heterocycles. The minimum absolute atomic E-state index is 0.116. The van der Waals surface area contributed by atoms with Gasteiger partial charge in [-0.15, -0.1) is 11.3 Å². The number of nitrogens with one attached hydrogen (secondary N) is 1. The van der Waals surface area contributed by atoms with Crippen molar-refractivity contribution in [3.05, 3.63) is 108 Å². The standard InChI is InChI=1S/C32H23N3S/c1-32(2)22-9-4-5-10-24(22)34-25-15-13-19(18-23(25)32)35-26-11-7-17-33-30(26)21-14-16-28-29(31(21)35)20-8-3-6-12-27(20)36-28/h3-18,34H,1-2H3. The van der Waals surface area contributed by atoms with E-state index in [2.05, 4.69) is 109 Å². The Kier molecular flexibility index (Phi) is 3.88. The third-order valence-corrected chi connectivity index (χ3v) is 8.96. The molecule has 0 bridgehead atoms. The van der Waals surface area contributed by atoms with Crippen LogP contribution in [-0.2, 0) is 5.41 Å². The molecule has 0 saturated carbocycles. The maximum absolute atomic E-state index is 4.84. The van der Waals surface area contributed by atoms with Gasteiger partial charge >= 0.3 is 0 Å². The molecule has 3 nitrogen and oxygen atoms in total. The van der Waals surface area contributed by atoms with E-state index in [1.165, 1.54) is 59.3 Å². The Hall–Kier alpha value is -4.15. The van der Waals surface area contributed by atoms with Gasteiger partial charge in [0.05, 0.1) is 16.6 Å². The Bertz CT molecular complexity index is 2010. The zero-order chi connectivity index (χ0) is 24.0. The van der Waals surface area contributed by atoms with E-state index in [4.69, 9.17) is 4.98 Å². The number of hydrogen-bond acceptors (Lipinski definition) is 3. The zero-order valence-corrected chi connectivity index (χ0v) is 20.9. The second-order valence-electron chi connectivity index (χ2n) is 10.2. The number of rotatable bonds is 1. The van der Waals surface area contributed by atoms with Crippen molar-refractivity contribution in [2.24, 2.45) is 0 Å². The van der Waals surface area contributed by atoms with Gasteiger partial charge in [-0.05, 0) is 65.7 Å². The number of benzene rings is 4. The van der Waals surface area contributed by atoms with Crippen LogP contribution in [0.1, 0.15) is 25.0 Å². The summed E-state index contributed by atoms with van der Waals surface area (Å²) in [5, 5.41) is 7.49. The van der Waals surface area contributed by atoms with Crippen molar-refractivity contribution in [3.63, 3.8) is 0 Å². The van der Waals surface area contributed by atoms with Crippen LogP contribution in [0.2, 0.25) is 0 Å². The van der Waals surface area contributed by atoms with Crippen LogP contribution in [0.3, 0.4) is 0 Å². The Morgan fingerprint density at radius 2 is 1.58 bits per heavy atom. The van der Waals surface area contributed by atoms with Gasteiger partial charge in [-0.3, -0.25) is 4.98 Å². The molecule has 8 rings (SSSR count). The van der Waals surface area contributed by atoms with Crippen molar-refractivity contribution in [1.82, 2.24) is 9.55 Å². The third kappa shape index (κ3) is 2.54. The lowest BCUT2D eigenvalue weighted by Gasteiger charge is -2.36. The molecule has 0 amide bonds. The smallest absolute Gasteiger partial charge is 0.0963 e. The maximum atomic E-state index is 4.84. The fourth-order valence-electron chi connectivity index (χ4n) is 6.12. The summed E-state index contributed by atoms with van der Waals surface area (Å²) in [4.78, 5) is 4.84. The highest BCUT2D eigenvalue weighted by molar-refractivity contribution is 7.26. The second kappa shape index (κ2) is 6.96. The summed E-state index contributed by atoms with van der Waals surface area (Å²) in [6.45, 7) is 4.65. The van der Waals surface area contributed by atoms with E-state index in [0.29, 0.717) is 0 Å². The van der Waals surface area contributed by atoms with Gasteiger partial charge in [0.2, 0.25) is 0 Å². The minimum atomic E-state index is -0.116. The highest BCUT2D eigenvalue weighted by Crippen LogP contribution is 2.47. The Labute approximate surface area is 212 Å². The van der Waals surface area contributed by atoms with Crippen LogP contribution in [0.25, 0.3) is 47.8 Å². The van der Waals surface area contributed by atoms with E-state index in [1.54, 1.807) is 0 Å². The summed E-state index contributed by atoms with van der Waals surface area (Å²) in [6.07, 6.45) is 1.90. The summed E-state index contributed by atoms with van der Waals surface area (Å²) >= 11 is 1.86. The number of fused-ring (bicyclic) bond motifs is 9. The normalized spacial score (nSPS) is 14.3. The second-order valence-corrected chi connectivity index (χ2v) is 11.2. The van der Waals surface area contributed by atoms with Crippen molar-refractivity contribution in [2.45, 2.75) is 19.3 Å². The molecule has 7 aromatic rings. The number of nitrogens with zero attached hydrogens (tertiary/aromatic N) is 2. The molecule has 4 aromatic carbocycles. The molecule has 0 radical (unpaired) electrons. The lowest BCUT2D eigenvalue weighted by molar-refractivity contribution is 0.637. The average molecular weight is 482 g/mol. The van der Waals surface area contributed by atoms with E-state index >= 15 is 0 Å². The van der Waals surface area contributed by atoms with Gasteiger partial charge in [0.15, 0.2) is 0 Å². The number of pyridine rings is 1. The summed E-state index contributed by atoms with van der Waals surface area (Å²) < 4.78 is 5.05. The van der Waals surface area contributed by atoms with Crippen LogP contribution in [0.5, 0.6) is 0 Å². The van der Waals surface area contributed by atoms with Crippen molar-refractivity contribution in [1.29, 1.82) is 0 Å². The Balaban J connectivity index is 1.50. The van der Waals surface area contributed by atoms with Crippen molar-refractivity contribution < 1.29 is 0 Å². The van der Waals surface area contributed by atoms with E-state index in [-0.39, 0.29) is 5.41 Å². The first-order chi connectivity index (χ1) is 17.6. The molecule has 4 heterocycles. The molecule has 0 atom stereocenters. The number of hydrogen-bond donors (Lipinski definition) is 1. The summed E-state index contributed by atoms with van der Waals surface area (Å²) in [6, 6.07) is 33.0. The topological polar surface area (TPSA) is 29.9 Å².